The Morgan fingerprint density at radius 3 is 2.10 bits per heavy atom. The van der Waals surface area contributed by atoms with Crippen molar-refractivity contribution in [3.63, 3.8) is 0 Å². The first-order valence-corrected chi connectivity index (χ1v) is 9.51. The minimum absolute atomic E-state index is 0.166. The fourth-order valence-electron chi connectivity index (χ4n) is 2.41. The fraction of sp³-hybridized carbons (Fsp3) is 0.300. The van der Waals surface area contributed by atoms with Crippen LogP contribution < -0.4 is 5.32 Å². The van der Waals surface area contributed by atoms with Crippen LogP contribution in [0, 0.1) is 9.39 Å². The Hall–Kier alpha value is -2.17. The summed E-state index contributed by atoms with van der Waals surface area (Å²) in [5.41, 5.74) is -2.19. The summed E-state index contributed by atoms with van der Waals surface area (Å²) < 4.78 is 58.6. The van der Waals surface area contributed by atoms with Gasteiger partial charge in [-0.2, -0.15) is 13.2 Å². The molecule has 0 aliphatic carbocycles. The number of benzene rings is 2. The zero-order valence-corrected chi connectivity index (χ0v) is 17.9. The highest BCUT2D eigenvalue weighted by Crippen LogP contribution is 2.33. The second kappa shape index (κ2) is 8.68. The molecule has 2 aromatic rings. The Bertz CT molecular complexity index is 905. The lowest BCUT2D eigenvalue weighted by Gasteiger charge is -2.23. The van der Waals surface area contributed by atoms with Crippen LogP contribution in [0.25, 0.3) is 0 Å². The van der Waals surface area contributed by atoms with Gasteiger partial charge in [0.2, 0.25) is 5.78 Å². The van der Waals surface area contributed by atoms with E-state index in [9.17, 15) is 27.2 Å². The van der Waals surface area contributed by atoms with E-state index in [4.69, 9.17) is 4.74 Å². The molecule has 156 valence electrons. The molecule has 1 unspecified atom stereocenters. The number of alkyl halides is 3. The molecular formula is C20H18F4INO3. The standard InChI is InChI=1S/C20H18F4INO3/c1-19(2,3)26-18(28)29-17(16(27)11-4-7-13(25)8-5-11)12-6-9-14(15(21)10-12)20(22,23)24/h4-10,17H,1-3H3,(H,26,28). The summed E-state index contributed by atoms with van der Waals surface area (Å²) in [7, 11) is 0. The lowest BCUT2D eigenvalue weighted by atomic mass is 9.98. The number of hydrogen-bond donors (Lipinski definition) is 1. The highest BCUT2D eigenvalue weighted by atomic mass is 127. The van der Waals surface area contributed by atoms with Gasteiger partial charge < -0.3 is 10.1 Å². The molecule has 29 heavy (non-hydrogen) atoms. The number of amides is 1. The van der Waals surface area contributed by atoms with Crippen molar-refractivity contribution in [1.82, 2.24) is 5.32 Å². The zero-order valence-electron chi connectivity index (χ0n) is 15.7. The minimum Gasteiger partial charge on any atom is -0.433 e. The third-order valence-corrected chi connectivity index (χ3v) is 4.39. The van der Waals surface area contributed by atoms with Gasteiger partial charge in [-0.1, -0.05) is 18.2 Å². The largest absolute Gasteiger partial charge is 0.433 e. The quantitative estimate of drug-likeness (QED) is 0.309. The van der Waals surface area contributed by atoms with Crippen LogP contribution in [0.2, 0.25) is 0 Å². The van der Waals surface area contributed by atoms with E-state index >= 15 is 0 Å². The number of ether oxygens (including phenoxy) is 1. The molecule has 9 heteroatoms. The molecule has 0 aliphatic rings. The van der Waals surface area contributed by atoms with Crippen LogP contribution in [0.3, 0.4) is 0 Å². The molecule has 1 atom stereocenters. The monoisotopic (exact) mass is 523 g/mol. The third kappa shape index (κ3) is 6.41. The second-order valence-electron chi connectivity index (χ2n) is 7.27. The Kier molecular flexibility index (Phi) is 6.92. The molecular weight excluding hydrogens is 505 g/mol. The number of hydrogen-bond acceptors (Lipinski definition) is 3. The van der Waals surface area contributed by atoms with Crippen LogP contribution in [0.4, 0.5) is 22.4 Å². The molecule has 0 radical (unpaired) electrons. The predicted molar refractivity (Wildman–Crippen MR) is 107 cm³/mol. The van der Waals surface area contributed by atoms with E-state index in [1.165, 1.54) is 12.1 Å². The van der Waals surface area contributed by atoms with Crippen LogP contribution in [-0.4, -0.2) is 17.4 Å². The molecule has 0 saturated heterocycles. The summed E-state index contributed by atoms with van der Waals surface area (Å²) in [5.74, 6) is -2.25. The van der Waals surface area contributed by atoms with E-state index in [1.807, 2.05) is 22.6 Å². The summed E-state index contributed by atoms with van der Waals surface area (Å²) in [6.07, 6.45) is -7.46. The van der Waals surface area contributed by atoms with Crippen LogP contribution in [0.1, 0.15) is 48.4 Å². The van der Waals surface area contributed by atoms with Crippen molar-refractivity contribution in [2.24, 2.45) is 0 Å². The molecule has 1 N–H and O–H groups in total. The predicted octanol–water partition coefficient (Wildman–Crippen LogP) is 5.90. The van der Waals surface area contributed by atoms with Gasteiger partial charge in [0, 0.05) is 20.2 Å². The van der Waals surface area contributed by atoms with E-state index < -0.39 is 41.1 Å². The SMILES string of the molecule is CC(C)(C)NC(=O)OC(C(=O)c1ccc(I)cc1)c1ccc(C(F)(F)F)c(F)c1. The number of ketones is 1. The van der Waals surface area contributed by atoms with Gasteiger partial charge in [-0.15, -0.1) is 0 Å². The number of nitrogens with one attached hydrogen (secondary N) is 1. The van der Waals surface area contributed by atoms with Gasteiger partial charge in [0.15, 0.2) is 6.10 Å². The van der Waals surface area contributed by atoms with E-state index in [0.29, 0.717) is 12.1 Å². The van der Waals surface area contributed by atoms with Gasteiger partial charge in [0.1, 0.15) is 5.82 Å². The van der Waals surface area contributed by atoms with Crippen LogP contribution in [0.5, 0.6) is 0 Å². The number of Topliss-reactive ketones (excluding diaryl/α,β-unsaturated/α-hetero) is 1. The first kappa shape index (κ1) is 23.1. The molecule has 0 aliphatic heterocycles. The number of carbonyl (C=O) groups is 2. The van der Waals surface area contributed by atoms with Gasteiger partial charge in [-0.3, -0.25) is 4.79 Å². The highest BCUT2D eigenvalue weighted by Gasteiger charge is 2.35. The third-order valence-electron chi connectivity index (χ3n) is 3.67. The normalized spacial score (nSPS) is 13.0. The molecule has 0 saturated carbocycles. The lowest BCUT2D eigenvalue weighted by Crippen LogP contribution is -2.42. The molecule has 1 amide bonds. The summed E-state index contributed by atoms with van der Waals surface area (Å²) >= 11 is 2.04. The maximum Gasteiger partial charge on any atom is 0.419 e. The van der Waals surface area contributed by atoms with Crippen molar-refractivity contribution in [2.75, 3.05) is 0 Å². The van der Waals surface area contributed by atoms with Crippen molar-refractivity contribution < 1.29 is 31.9 Å². The number of halogens is 5. The Morgan fingerprint density at radius 1 is 1.03 bits per heavy atom. The molecule has 2 rings (SSSR count). The van der Waals surface area contributed by atoms with Crippen molar-refractivity contribution in [1.29, 1.82) is 0 Å². The molecule has 0 heterocycles. The molecule has 0 spiro atoms. The fourth-order valence-corrected chi connectivity index (χ4v) is 2.77. The summed E-state index contributed by atoms with van der Waals surface area (Å²) in [5, 5.41) is 2.50. The zero-order chi connectivity index (χ0) is 22.0. The Morgan fingerprint density at radius 2 is 1.62 bits per heavy atom. The highest BCUT2D eigenvalue weighted by molar-refractivity contribution is 14.1. The topological polar surface area (TPSA) is 55.4 Å². The van der Waals surface area contributed by atoms with Crippen LogP contribution in [-0.2, 0) is 10.9 Å². The summed E-state index contributed by atoms with van der Waals surface area (Å²) in [4.78, 5) is 25.1. The van der Waals surface area contributed by atoms with Crippen molar-refractivity contribution in [2.45, 2.75) is 38.6 Å². The van der Waals surface area contributed by atoms with Gasteiger partial charge in [-0.25, -0.2) is 9.18 Å². The number of rotatable bonds is 4. The molecule has 4 nitrogen and oxygen atoms in total. The van der Waals surface area contributed by atoms with E-state index in [2.05, 4.69) is 5.32 Å². The van der Waals surface area contributed by atoms with Crippen molar-refractivity contribution in [3.05, 3.63) is 68.5 Å². The summed E-state index contributed by atoms with van der Waals surface area (Å²) in [6, 6.07) is 8.27. The van der Waals surface area contributed by atoms with Crippen LogP contribution in [0.15, 0.2) is 42.5 Å². The average Bonchev–Trinajstić information content (AvgIpc) is 2.57. The molecule has 0 fully saturated rings. The van der Waals surface area contributed by atoms with E-state index in [-0.39, 0.29) is 11.1 Å². The molecule has 0 aromatic heterocycles. The Labute approximate surface area is 178 Å². The lowest BCUT2D eigenvalue weighted by molar-refractivity contribution is -0.140. The minimum atomic E-state index is -4.89. The van der Waals surface area contributed by atoms with Gasteiger partial charge in [0.05, 0.1) is 5.56 Å². The maximum absolute atomic E-state index is 14.0. The first-order chi connectivity index (χ1) is 13.3. The maximum atomic E-state index is 14.0. The number of carbonyl (C=O) groups excluding carboxylic acids is 2. The second-order valence-corrected chi connectivity index (χ2v) is 8.51. The molecule has 0 bridgehead atoms. The van der Waals surface area contributed by atoms with Crippen LogP contribution >= 0.6 is 22.6 Å². The van der Waals surface area contributed by atoms with Gasteiger partial charge in [-0.05, 0) is 67.6 Å². The average molecular weight is 523 g/mol. The van der Waals surface area contributed by atoms with E-state index in [0.717, 1.165) is 9.64 Å². The number of alkyl carbamates (subject to hydrolysis) is 1. The van der Waals surface area contributed by atoms with Crippen molar-refractivity contribution >= 4 is 34.5 Å². The van der Waals surface area contributed by atoms with Gasteiger partial charge >= 0.3 is 12.3 Å². The van der Waals surface area contributed by atoms with Crippen molar-refractivity contribution in [3.8, 4) is 0 Å². The van der Waals surface area contributed by atoms with E-state index in [1.54, 1.807) is 32.9 Å². The first-order valence-electron chi connectivity index (χ1n) is 8.43. The van der Waals surface area contributed by atoms with Gasteiger partial charge in [0.25, 0.3) is 0 Å². The Balaban J connectivity index is 2.44. The smallest absolute Gasteiger partial charge is 0.419 e. The summed E-state index contributed by atoms with van der Waals surface area (Å²) in [6.45, 7) is 5.05. The molecule has 2 aromatic carbocycles.